The van der Waals surface area contributed by atoms with Gasteiger partial charge in [0.25, 0.3) is 0 Å². The van der Waals surface area contributed by atoms with Gasteiger partial charge in [0.2, 0.25) is 0 Å². The summed E-state index contributed by atoms with van der Waals surface area (Å²) in [6, 6.07) is 133. The first kappa shape index (κ1) is 65.5. The fourth-order valence-electron chi connectivity index (χ4n) is 14.6. The predicted octanol–water partition coefficient (Wildman–Crippen LogP) is 28.3. The highest BCUT2D eigenvalue weighted by molar-refractivity contribution is 6.09. The van der Waals surface area contributed by atoms with Gasteiger partial charge < -0.3 is 18.6 Å². The monoisotopic (exact) mass is 1360 g/mol. The minimum Gasteiger partial charge on any atom is -0.456 e. The molecule has 2 aromatic heterocycles. The number of para-hydroxylation sites is 1. The maximum atomic E-state index is 6.24. The van der Waals surface area contributed by atoms with Gasteiger partial charge in [0.05, 0.1) is 6.04 Å². The van der Waals surface area contributed by atoms with E-state index in [4.69, 9.17) is 8.83 Å². The maximum Gasteiger partial charge on any atom is 0.135 e. The van der Waals surface area contributed by atoms with Gasteiger partial charge in [-0.2, -0.15) is 0 Å². The highest BCUT2D eigenvalue weighted by Crippen LogP contribution is 2.42. The van der Waals surface area contributed by atoms with Gasteiger partial charge in [0.1, 0.15) is 22.3 Å². The summed E-state index contributed by atoms with van der Waals surface area (Å²) in [5, 5.41) is 4.50. The molecule has 0 spiro atoms. The quantitative estimate of drug-likeness (QED) is 0.0851. The van der Waals surface area contributed by atoms with Gasteiger partial charge in [-0.05, 0) is 210 Å². The van der Waals surface area contributed by atoms with Crippen LogP contribution in [0.2, 0.25) is 0 Å². The van der Waals surface area contributed by atoms with E-state index < -0.39 is 0 Å². The standard InChI is InChI=1S/C54H37NO.C48H37NO/c1-4-10-38(11-5-1)42-20-28-48(29-21-42)55(49-30-22-43(23-31-49)39-12-6-2-7-13-39)50-32-24-44(25-33-50)41-16-18-45(19-17-41)47-27-35-54-52(37-47)51-36-46(26-34-53(51)56-54)40-14-8-3-9-15-40;1-34(18-19-35(2)49(43-16-10-5-11-17-43)44-28-24-39(25-29-44)37-12-6-3-7-13-37)36-20-22-40(23-21-36)42-27-31-48-46(33-42)45-32-41(26-30-47(45)50-48)38-14-8-4-9-15-38/h1-37H;3-28,30-33,44H,1-2,29H2/b;19-18-. The largest absolute Gasteiger partial charge is 0.456 e. The Morgan fingerprint density at radius 3 is 0.906 bits per heavy atom. The van der Waals surface area contributed by atoms with Crippen LogP contribution in [0.1, 0.15) is 17.5 Å². The number of fused-ring (bicyclic) bond motifs is 6. The smallest absolute Gasteiger partial charge is 0.135 e. The van der Waals surface area contributed by atoms with E-state index in [0.29, 0.717) is 0 Å². The van der Waals surface area contributed by atoms with Gasteiger partial charge in [0.15, 0.2) is 0 Å². The zero-order valence-electron chi connectivity index (χ0n) is 58.6. The lowest BCUT2D eigenvalue weighted by Crippen LogP contribution is -2.32. The topological polar surface area (TPSA) is 32.8 Å². The van der Waals surface area contributed by atoms with Crippen molar-refractivity contribution >= 4 is 77.8 Å². The fraction of sp³-hybridized carbons (Fsp3) is 0.0196. The van der Waals surface area contributed by atoms with Gasteiger partial charge in [-0.25, -0.2) is 0 Å². The number of hydrogen-bond donors (Lipinski definition) is 0. The van der Waals surface area contributed by atoms with E-state index in [2.05, 4.69) is 417 Å². The molecule has 1 atom stereocenters. The number of anilines is 4. The number of nitrogens with zero attached hydrogens (tertiary/aromatic N) is 2. The molecule has 18 rings (SSSR count). The van der Waals surface area contributed by atoms with Crippen LogP contribution in [0.5, 0.6) is 0 Å². The average molecular weight is 1360 g/mol. The summed E-state index contributed by atoms with van der Waals surface area (Å²) in [5.74, 6) is 0. The second kappa shape index (κ2) is 29.6. The Morgan fingerprint density at radius 2 is 0.566 bits per heavy atom. The Labute approximate surface area is 619 Å². The van der Waals surface area contributed by atoms with Crippen molar-refractivity contribution in [2.45, 2.75) is 12.5 Å². The van der Waals surface area contributed by atoms with Crippen molar-refractivity contribution < 1.29 is 8.83 Å². The molecule has 17 aromatic rings. The Kier molecular flexibility index (Phi) is 18.3. The molecule has 0 saturated heterocycles. The molecule has 1 unspecified atom stereocenters. The molecule has 0 bridgehead atoms. The van der Waals surface area contributed by atoms with Crippen LogP contribution in [0, 0.1) is 0 Å². The van der Waals surface area contributed by atoms with Crippen molar-refractivity contribution in [2.24, 2.45) is 0 Å². The third-order valence-corrected chi connectivity index (χ3v) is 20.2. The van der Waals surface area contributed by atoms with Gasteiger partial charge in [-0.3, -0.25) is 0 Å². The summed E-state index contributed by atoms with van der Waals surface area (Å²) in [6.07, 6.45) is 11.9. The van der Waals surface area contributed by atoms with Crippen molar-refractivity contribution in [3.63, 3.8) is 0 Å². The average Bonchev–Trinajstić information content (AvgIpc) is 1.66. The summed E-state index contributed by atoms with van der Waals surface area (Å²) < 4.78 is 12.4. The van der Waals surface area contributed by atoms with E-state index in [9.17, 15) is 0 Å². The lowest BCUT2D eigenvalue weighted by Gasteiger charge is -2.33. The second-order valence-electron chi connectivity index (χ2n) is 26.9. The number of benzene rings is 15. The molecular weight excluding hydrogens is 1290 g/mol. The van der Waals surface area contributed by atoms with E-state index in [1.54, 1.807) is 0 Å². The summed E-state index contributed by atoms with van der Waals surface area (Å²) in [7, 11) is 0. The van der Waals surface area contributed by atoms with Crippen molar-refractivity contribution in [3.8, 4) is 77.9 Å². The van der Waals surface area contributed by atoms with Crippen molar-refractivity contribution in [2.75, 3.05) is 9.80 Å². The SMILES string of the molecule is C=C(/C=C\C(=C)N(c1ccccc1)C1C=CC(c2ccccc2)=CC1)c1ccc(-c2ccc3oc4ccc(-c5ccccc5)cc4c3c2)cc1.c1ccc(-c2ccc(N(c3ccc(-c4ccccc4)cc3)c3ccc(-c4ccc(-c5ccc6oc7ccc(-c8ccccc8)cc7c6c5)cc4)cc3)cc2)cc1. The third-order valence-electron chi connectivity index (χ3n) is 20.2. The van der Waals surface area contributed by atoms with Gasteiger partial charge in [-0.15, -0.1) is 0 Å². The van der Waals surface area contributed by atoms with Crippen LogP contribution < -0.4 is 9.80 Å². The molecular formula is C102H74N2O2. The van der Waals surface area contributed by atoms with E-state index in [-0.39, 0.29) is 6.04 Å². The molecule has 2 heterocycles. The Hall–Kier alpha value is -13.8. The molecule has 0 N–H and O–H groups in total. The third kappa shape index (κ3) is 13.9. The summed E-state index contributed by atoms with van der Waals surface area (Å²) in [4.78, 5) is 4.63. The molecule has 0 aliphatic heterocycles. The molecule has 4 heteroatoms. The van der Waals surface area contributed by atoms with Gasteiger partial charge in [-0.1, -0.05) is 317 Å². The van der Waals surface area contributed by atoms with Crippen LogP contribution in [-0.4, -0.2) is 6.04 Å². The fourth-order valence-corrected chi connectivity index (χ4v) is 14.6. The van der Waals surface area contributed by atoms with E-state index in [1.807, 2.05) is 12.1 Å². The Morgan fingerprint density at radius 1 is 0.283 bits per heavy atom. The Balaban J connectivity index is 0.000000157. The first-order valence-electron chi connectivity index (χ1n) is 36.1. The normalized spacial score (nSPS) is 12.6. The lowest BCUT2D eigenvalue weighted by atomic mass is 9.95. The van der Waals surface area contributed by atoms with Crippen LogP contribution >= 0.6 is 0 Å². The molecule has 0 fully saturated rings. The van der Waals surface area contributed by atoms with E-state index >= 15 is 0 Å². The predicted molar refractivity (Wildman–Crippen MR) is 448 cm³/mol. The van der Waals surface area contributed by atoms with Crippen molar-refractivity contribution in [3.05, 3.63) is 436 Å². The molecule has 1 aliphatic carbocycles. The van der Waals surface area contributed by atoms with Gasteiger partial charge >= 0.3 is 0 Å². The zero-order chi connectivity index (χ0) is 71.1. The molecule has 4 nitrogen and oxygen atoms in total. The molecule has 0 radical (unpaired) electrons. The number of allylic oxidation sites excluding steroid dienone is 5. The molecule has 1 aliphatic rings. The zero-order valence-corrected chi connectivity index (χ0v) is 58.6. The molecule has 0 saturated carbocycles. The molecule has 15 aromatic carbocycles. The van der Waals surface area contributed by atoms with E-state index in [0.717, 1.165) is 101 Å². The molecule has 504 valence electrons. The van der Waals surface area contributed by atoms with Crippen LogP contribution in [0.25, 0.3) is 133 Å². The summed E-state index contributed by atoms with van der Waals surface area (Å²) in [5.41, 5.74) is 30.0. The highest BCUT2D eigenvalue weighted by atomic mass is 16.3. The second-order valence-corrected chi connectivity index (χ2v) is 26.9. The Bertz CT molecular complexity index is 5980. The van der Waals surface area contributed by atoms with Gasteiger partial charge in [0, 0.05) is 50.0 Å². The van der Waals surface area contributed by atoms with E-state index in [1.165, 1.54) is 77.9 Å². The number of furan rings is 2. The minimum atomic E-state index is 0.157. The van der Waals surface area contributed by atoms with Crippen LogP contribution in [0.15, 0.2) is 434 Å². The van der Waals surface area contributed by atoms with Crippen LogP contribution in [0.4, 0.5) is 22.7 Å². The van der Waals surface area contributed by atoms with Crippen molar-refractivity contribution in [1.82, 2.24) is 0 Å². The molecule has 106 heavy (non-hydrogen) atoms. The summed E-state index contributed by atoms with van der Waals surface area (Å²) >= 11 is 0. The number of hydrogen-bond acceptors (Lipinski definition) is 4. The maximum absolute atomic E-state index is 6.24. The van der Waals surface area contributed by atoms with Crippen LogP contribution in [-0.2, 0) is 0 Å². The first-order chi connectivity index (χ1) is 52.3. The first-order valence-corrected chi connectivity index (χ1v) is 36.1. The minimum absolute atomic E-state index is 0.157. The molecule has 0 amide bonds. The van der Waals surface area contributed by atoms with Crippen LogP contribution in [0.3, 0.4) is 0 Å². The highest BCUT2D eigenvalue weighted by Gasteiger charge is 2.22. The summed E-state index contributed by atoms with van der Waals surface area (Å²) in [6.45, 7) is 8.91. The number of rotatable bonds is 17. The lowest BCUT2D eigenvalue weighted by molar-refractivity contribution is 0.668. The van der Waals surface area contributed by atoms with Crippen molar-refractivity contribution in [1.29, 1.82) is 0 Å².